The predicted molar refractivity (Wildman–Crippen MR) is 88.5 cm³/mol. The molecule has 0 heterocycles. The molecule has 0 aliphatic carbocycles. The van der Waals surface area contributed by atoms with Crippen LogP contribution in [0.2, 0.25) is 5.02 Å². The maximum atomic E-state index is 5.54. The standard InChI is InChI=1S/C12H10N2.C6H5Cl/c1-3-7-11(8-4-1)13-14-12-9-5-2-6-10-12;7-6-4-2-1-3-5-6/h1-10H;1-5H. The average molecular weight is 295 g/mol. The van der Waals surface area contributed by atoms with Crippen molar-refractivity contribution in [1.29, 1.82) is 0 Å². The Bertz CT molecular complexity index is 611. The van der Waals surface area contributed by atoms with Crippen molar-refractivity contribution in [1.82, 2.24) is 0 Å². The third-order valence-electron chi connectivity index (χ3n) is 2.53. The van der Waals surface area contributed by atoms with Crippen LogP contribution < -0.4 is 0 Å². The third kappa shape index (κ3) is 6.02. The zero-order chi connectivity index (χ0) is 14.8. The van der Waals surface area contributed by atoms with Crippen LogP contribution in [0.4, 0.5) is 11.4 Å². The lowest BCUT2D eigenvalue weighted by Crippen LogP contribution is -1.62. The molecular formula is C18H15ClN2. The van der Waals surface area contributed by atoms with E-state index in [1.54, 1.807) is 0 Å². The number of hydrogen-bond donors (Lipinski definition) is 0. The minimum atomic E-state index is 0.794. The van der Waals surface area contributed by atoms with Crippen LogP contribution in [-0.2, 0) is 0 Å². The van der Waals surface area contributed by atoms with Crippen LogP contribution in [0.1, 0.15) is 0 Å². The fourth-order valence-corrected chi connectivity index (χ4v) is 1.66. The third-order valence-corrected chi connectivity index (χ3v) is 2.78. The van der Waals surface area contributed by atoms with Crippen molar-refractivity contribution < 1.29 is 0 Å². The van der Waals surface area contributed by atoms with Crippen molar-refractivity contribution in [3.63, 3.8) is 0 Å². The first-order valence-corrected chi connectivity index (χ1v) is 6.95. The Kier molecular flexibility index (Phi) is 6.17. The van der Waals surface area contributed by atoms with Crippen molar-refractivity contribution in [2.24, 2.45) is 10.2 Å². The van der Waals surface area contributed by atoms with E-state index < -0.39 is 0 Å². The summed E-state index contributed by atoms with van der Waals surface area (Å²) in [6.07, 6.45) is 0. The monoisotopic (exact) mass is 294 g/mol. The highest BCUT2D eigenvalue weighted by atomic mass is 35.5. The molecule has 3 aromatic rings. The van der Waals surface area contributed by atoms with Gasteiger partial charge in [0, 0.05) is 5.02 Å². The molecule has 0 unspecified atom stereocenters. The smallest absolute Gasteiger partial charge is 0.0857 e. The molecule has 0 saturated carbocycles. The van der Waals surface area contributed by atoms with Gasteiger partial charge in [0.25, 0.3) is 0 Å². The van der Waals surface area contributed by atoms with Crippen LogP contribution in [0.25, 0.3) is 0 Å². The topological polar surface area (TPSA) is 24.7 Å². The summed E-state index contributed by atoms with van der Waals surface area (Å²) in [4.78, 5) is 0. The zero-order valence-corrected chi connectivity index (χ0v) is 12.2. The minimum absolute atomic E-state index is 0.794. The summed E-state index contributed by atoms with van der Waals surface area (Å²) >= 11 is 5.54. The van der Waals surface area contributed by atoms with E-state index >= 15 is 0 Å². The van der Waals surface area contributed by atoms with Gasteiger partial charge in [-0.2, -0.15) is 10.2 Å². The van der Waals surface area contributed by atoms with Crippen molar-refractivity contribution >= 4 is 23.0 Å². The van der Waals surface area contributed by atoms with Crippen LogP contribution in [0.15, 0.2) is 101 Å². The maximum absolute atomic E-state index is 5.54. The average Bonchev–Trinajstić information content (AvgIpc) is 2.56. The highest BCUT2D eigenvalue weighted by Gasteiger charge is 1.86. The molecule has 0 aliphatic heterocycles. The second-order valence-corrected chi connectivity index (χ2v) is 4.60. The Labute approximate surface area is 129 Å². The van der Waals surface area contributed by atoms with Crippen LogP contribution in [0.5, 0.6) is 0 Å². The number of hydrogen-bond acceptors (Lipinski definition) is 2. The van der Waals surface area contributed by atoms with Crippen LogP contribution in [0.3, 0.4) is 0 Å². The number of benzene rings is 3. The summed E-state index contributed by atoms with van der Waals surface area (Å²) in [5.41, 5.74) is 1.74. The van der Waals surface area contributed by atoms with Crippen molar-refractivity contribution in [3.8, 4) is 0 Å². The second-order valence-electron chi connectivity index (χ2n) is 4.17. The molecule has 3 heteroatoms. The van der Waals surface area contributed by atoms with Gasteiger partial charge in [0.2, 0.25) is 0 Å². The lowest BCUT2D eigenvalue weighted by atomic mass is 10.3. The molecule has 0 bridgehead atoms. The Balaban J connectivity index is 0.000000194. The minimum Gasteiger partial charge on any atom is -0.151 e. The van der Waals surface area contributed by atoms with Gasteiger partial charge in [-0.3, -0.25) is 0 Å². The summed E-state index contributed by atoms with van der Waals surface area (Å²) in [7, 11) is 0. The molecule has 104 valence electrons. The second kappa shape index (κ2) is 8.67. The number of nitrogens with zero attached hydrogens (tertiary/aromatic N) is 2. The van der Waals surface area contributed by atoms with E-state index in [1.807, 2.05) is 91.0 Å². The molecule has 0 atom stereocenters. The highest BCUT2D eigenvalue weighted by Crippen LogP contribution is 2.16. The van der Waals surface area contributed by atoms with Crippen molar-refractivity contribution in [2.75, 3.05) is 0 Å². The summed E-state index contributed by atoms with van der Waals surface area (Å²) in [6.45, 7) is 0. The Morgan fingerprint density at radius 3 is 1.10 bits per heavy atom. The van der Waals surface area contributed by atoms with Gasteiger partial charge in [0.1, 0.15) is 0 Å². The largest absolute Gasteiger partial charge is 0.151 e. The van der Waals surface area contributed by atoms with E-state index in [4.69, 9.17) is 11.6 Å². The normalized spacial score (nSPS) is 9.95. The zero-order valence-electron chi connectivity index (χ0n) is 11.4. The molecule has 0 aliphatic rings. The van der Waals surface area contributed by atoms with E-state index in [-0.39, 0.29) is 0 Å². The van der Waals surface area contributed by atoms with Crippen LogP contribution >= 0.6 is 11.6 Å². The molecule has 0 saturated heterocycles. The van der Waals surface area contributed by atoms with Gasteiger partial charge in [0.05, 0.1) is 11.4 Å². The number of rotatable bonds is 2. The Morgan fingerprint density at radius 1 is 0.476 bits per heavy atom. The molecule has 2 nitrogen and oxygen atoms in total. The summed E-state index contributed by atoms with van der Waals surface area (Å²) in [5, 5.41) is 9.00. The first-order valence-electron chi connectivity index (χ1n) is 6.57. The maximum Gasteiger partial charge on any atom is 0.0857 e. The quantitative estimate of drug-likeness (QED) is 0.486. The number of halogens is 1. The molecule has 21 heavy (non-hydrogen) atoms. The summed E-state index contributed by atoms with van der Waals surface area (Å²) < 4.78 is 0. The lowest BCUT2D eigenvalue weighted by molar-refractivity contribution is 1.23. The van der Waals surface area contributed by atoms with Crippen molar-refractivity contribution in [3.05, 3.63) is 96.0 Å². The molecule has 0 aromatic heterocycles. The molecule has 0 radical (unpaired) electrons. The van der Waals surface area contributed by atoms with Crippen LogP contribution in [0, 0.1) is 0 Å². The molecule has 0 amide bonds. The first kappa shape index (κ1) is 14.9. The first-order chi connectivity index (χ1) is 10.3. The fourth-order valence-electron chi connectivity index (χ4n) is 1.52. The highest BCUT2D eigenvalue weighted by molar-refractivity contribution is 6.30. The molecule has 0 spiro atoms. The molecule has 0 N–H and O–H groups in total. The Hall–Kier alpha value is -2.45. The van der Waals surface area contributed by atoms with Gasteiger partial charge in [-0.25, -0.2) is 0 Å². The SMILES string of the molecule is Clc1ccccc1.c1ccc(N=Nc2ccccc2)cc1. The van der Waals surface area contributed by atoms with E-state index in [0.29, 0.717) is 0 Å². The van der Waals surface area contributed by atoms with Gasteiger partial charge >= 0.3 is 0 Å². The fraction of sp³-hybridized carbons (Fsp3) is 0. The molecular weight excluding hydrogens is 280 g/mol. The summed E-state index contributed by atoms with van der Waals surface area (Å²) in [5.74, 6) is 0. The van der Waals surface area contributed by atoms with Crippen LogP contribution in [-0.4, -0.2) is 0 Å². The van der Waals surface area contributed by atoms with Gasteiger partial charge in [-0.05, 0) is 36.4 Å². The predicted octanol–water partition coefficient (Wildman–Crippen LogP) is 6.44. The van der Waals surface area contributed by atoms with Gasteiger partial charge in [-0.1, -0.05) is 66.2 Å². The van der Waals surface area contributed by atoms with E-state index in [1.165, 1.54) is 0 Å². The molecule has 3 rings (SSSR count). The van der Waals surface area contributed by atoms with Crippen molar-refractivity contribution in [2.45, 2.75) is 0 Å². The number of azo groups is 1. The van der Waals surface area contributed by atoms with Gasteiger partial charge in [-0.15, -0.1) is 0 Å². The van der Waals surface area contributed by atoms with E-state index in [0.717, 1.165) is 16.4 Å². The van der Waals surface area contributed by atoms with E-state index in [2.05, 4.69) is 10.2 Å². The lowest BCUT2D eigenvalue weighted by Gasteiger charge is -1.91. The molecule has 0 fully saturated rings. The van der Waals surface area contributed by atoms with E-state index in [9.17, 15) is 0 Å². The van der Waals surface area contributed by atoms with Gasteiger partial charge in [0.15, 0.2) is 0 Å². The Morgan fingerprint density at radius 2 is 0.810 bits per heavy atom. The van der Waals surface area contributed by atoms with Gasteiger partial charge < -0.3 is 0 Å². The molecule has 3 aromatic carbocycles. The summed E-state index contributed by atoms with van der Waals surface area (Å²) in [6, 6.07) is 28.8.